The molecule has 0 spiro atoms. The number of benzene rings is 2. The van der Waals surface area contributed by atoms with E-state index in [9.17, 15) is 13.2 Å². The molecule has 0 aromatic heterocycles. The lowest BCUT2D eigenvalue weighted by Gasteiger charge is -2.35. The molecule has 0 unspecified atom stereocenters. The van der Waals surface area contributed by atoms with E-state index in [1.54, 1.807) is 25.9 Å². The van der Waals surface area contributed by atoms with Gasteiger partial charge in [0.1, 0.15) is 5.75 Å². The highest BCUT2D eigenvalue weighted by Gasteiger charge is 2.28. The summed E-state index contributed by atoms with van der Waals surface area (Å²) in [5.74, 6) is 0.608. The minimum absolute atomic E-state index is 0.0737. The maximum Gasteiger partial charge on any atom is 0.255 e. The molecule has 0 bridgehead atoms. The van der Waals surface area contributed by atoms with Gasteiger partial charge in [-0.15, -0.1) is 0 Å². The van der Waals surface area contributed by atoms with Gasteiger partial charge in [-0.1, -0.05) is 23.7 Å². The monoisotopic (exact) mass is 493 g/mol. The van der Waals surface area contributed by atoms with Crippen LogP contribution >= 0.6 is 11.6 Å². The second-order valence-corrected chi connectivity index (χ2v) is 10.9. The topological polar surface area (TPSA) is 70.2 Å². The fourth-order valence-electron chi connectivity index (χ4n) is 3.70. The molecule has 9 heteroatoms. The first kappa shape index (κ1) is 25.5. The lowest BCUT2D eigenvalue weighted by atomic mass is 10.1. The Morgan fingerprint density at radius 3 is 2.30 bits per heavy atom. The number of halogens is 1. The first-order valence-electron chi connectivity index (χ1n) is 11.1. The molecule has 1 saturated heterocycles. The van der Waals surface area contributed by atoms with Crippen LogP contribution in [0.1, 0.15) is 29.8 Å². The third kappa shape index (κ3) is 6.06. The summed E-state index contributed by atoms with van der Waals surface area (Å²) in [5.41, 5.74) is 1.46. The number of piperazine rings is 1. The molecule has 7 nitrogen and oxygen atoms in total. The maximum atomic E-state index is 13.2. The Kier molecular flexibility index (Phi) is 8.39. The predicted octanol–water partition coefficient (Wildman–Crippen LogP) is 3.38. The summed E-state index contributed by atoms with van der Waals surface area (Å²) >= 11 is 6.30. The maximum absolute atomic E-state index is 13.2. The second-order valence-electron chi connectivity index (χ2n) is 8.49. The molecule has 2 aromatic carbocycles. The van der Waals surface area contributed by atoms with Gasteiger partial charge in [-0.2, -0.15) is 4.31 Å². The Morgan fingerprint density at radius 1 is 1.09 bits per heavy atom. The zero-order valence-electron chi connectivity index (χ0n) is 19.6. The van der Waals surface area contributed by atoms with Crippen molar-refractivity contribution in [3.8, 4) is 5.75 Å². The van der Waals surface area contributed by atoms with Gasteiger partial charge < -0.3 is 9.64 Å². The van der Waals surface area contributed by atoms with Crippen molar-refractivity contribution in [3.63, 3.8) is 0 Å². The molecule has 1 heterocycles. The molecule has 0 N–H and O–H groups in total. The molecular weight excluding hydrogens is 462 g/mol. The van der Waals surface area contributed by atoms with Crippen molar-refractivity contribution in [2.24, 2.45) is 0 Å². The highest BCUT2D eigenvalue weighted by atomic mass is 35.5. The summed E-state index contributed by atoms with van der Waals surface area (Å²) in [4.78, 5) is 17.3. The number of rotatable bonds is 8. The molecule has 0 atom stereocenters. The van der Waals surface area contributed by atoms with E-state index in [-0.39, 0.29) is 27.4 Å². The second kappa shape index (κ2) is 10.9. The SMILES string of the molecule is COc1ccc(CCN2CCN(C(=O)c3cc(S(=O)(=O)N(C)C(C)C)ccc3Cl)CC2)cc1. The number of amides is 1. The van der Waals surface area contributed by atoms with Crippen molar-refractivity contribution < 1.29 is 17.9 Å². The Balaban J connectivity index is 1.62. The third-order valence-electron chi connectivity index (χ3n) is 6.11. The summed E-state index contributed by atoms with van der Waals surface area (Å²) in [5, 5.41) is 0.257. The van der Waals surface area contributed by atoms with Crippen molar-refractivity contribution in [2.45, 2.75) is 31.2 Å². The first-order valence-corrected chi connectivity index (χ1v) is 12.9. The first-order chi connectivity index (χ1) is 15.6. The van der Waals surface area contributed by atoms with Crippen LogP contribution < -0.4 is 4.74 Å². The number of carbonyl (C=O) groups excluding carboxylic acids is 1. The van der Waals surface area contributed by atoms with Crippen LogP contribution in [0.15, 0.2) is 47.4 Å². The lowest BCUT2D eigenvalue weighted by Crippen LogP contribution is -2.49. The Labute approximate surface area is 201 Å². The van der Waals surface area contributed by atoms with Crippen molar-refractivity contribution in [1.82, 2.24) is 14.1 Å². The molecule has 180 valence electrons. The standard InChI is InChI=1S/C24H32ClN3O4S/c1-18(2)26(3)33(30,31)21-9-10-23(25)22(17-21)24(29)28-15-13-27(14-16-28)12-11-19-5-7-20(32-4)8-6-19/h5-10,17-18H,11-16H2,1-4H3. The van der Waals surface area contributed by atoms with Crippen LogP contribution in [-0.4, -0.2) is 81.4 Å². The minimum Gasteiger partial charge on any atom is -0.497 e. The predicted molar refractivity (Wildman–Crippen MR) is 131 cm³/mol. The number of carbonyl (C=O) groups is 1. The number of methoxy groups -OCH3 is 1. The molecule has 0 aliphatic carbocycles. The van der Waals surface area contributed by atoms with Gasteiger partial charge in [0.05, 0.1) is 22.6 Å². The molecule has 3 rings (SSSR count). The van der Waals surface area contributed by atoms with Gasteiger partial charge in [0.15, 0.2) is 0 Å². The van der Waals surface area contributed by atoms with Gasteiger partial charge in [0, 0.05) is 45.8 Å². The molecule has 33 heavy (non-hydrogen) atoms. The number of nitrogens with zero attached hydrogens (tertiary/aromatic N) is 3. The summed E-state index contributed by atoms with van der Waals surface area (Å²) in [7, 11) is -0.517. The van der Waals surface area contributed by atoms with E-state index in [0.29, 0.717) is 13.1 Å². The van der Waals surface area contributed by atoms with E-state index < -0.39 is 10.0 Å². The normalized spacial score (nSPS) is 15.3. The van der Waals surface area contributed by atoms with Crippen molar-refractivity contribution >= 4 is 27.5 Å². The molecule has 1 fully saturated rings. The molecule has 1 aliphatic rings. The van der Waals surface area contributed by atoms with Gasteiger partial charge in [-0.3, -0.25) is 9.69 Å². The fraction of sp³-hybridized carbons (Fsp3) is 0.458. The van der Waals surface area contributed by atoms with Crippen LogP contribution in [0.2, 0.25) is 5.02 Å². The highest BCUT2D eigenvalue weighted by Crippen LogP contribution is 2.25. The van der Waals surface area contributed by atoms with E-state index >= 15 is 0 Å². The van der Waals surface area contributed by atoms with E-state index in [4.69, 9.17) is 16.3 Å². The summed E-state index contributed by atoms with van der Waals surface area (Å²) < 4.78 is 32.2. The number of hydrogen-bond donors (Lipinski definition) is 0. The van der Waals surface area contributed by atoms with Crippen molar-refractivity contribution in [2.75, 3.05) is 46.9 Å². The number of sulfonamides is 1. The van der Waals surface area contributed by atoms with Gasteiger partial charge in [0.25, 0.3) is 5.91 Å². The molecule has 1 amide bonds. The van der Waals surface area contributed by atoms with Crippen LogP contribution in [0.4, 0.5) is 0 Å². The zero-order chi connectivity index (χ0) is 24.2. The van der Waals surface area contributed by atoms with E-state index in [2.05, 4.69) is 17.0 Å². The van der Waals surface area contributed by atoms with E-state index in [1.165, 1.54) is 35.1 Å². The van der Waals surface area contributed by atoms with Crippen LogP contribution in [0.3, 0.4) is 0 Å². The average Bonchev–Trinajstić information content (AvgIpc) is 2.82. The summed E-state index contributed by atoms with van der Waals surface area (Å²) in [6.45, 7) is 7.16. The van der Waals surface area contributed by atoms with Gasteiger partial charge in [-0.05, 0) is 56.2 Å². The Hall–Kier alpha value is -2.13. The molecule has 2 aromatic rings. The van der Waals surface area contributed by atoms with Gasteiger partial charge in [0.2, 0.25) is 10.0 Å². The quantitative estimate of drug-likeness (QED) is 0.564. The minimum atomic E-state index is -3.70. The van der Waals surface area contributed by atoms with Crippen LogP contribution in [-0.2, 0) is 16.4 Å². The van der Waals surface area contributed by atoms with Crippen molar-refractivity contribution in [1.29, 1.82) is 0 Å². The Bertz CT molecular complexity index is 1070. The van der Waals surface area contributed by atoms with Crippen LogP contribution in [0, 0.1) is 0 Å². The highest BCUT2D eigenvalue weighted by molar-refractivity contribution is 7.89. The fourth-order valence-corrected chi connectivity index (χ4v) is 5.29. The molecule has 0 radical (unpaired) electrons. The van der Waals surface area contributed by atoms with Crippen molar-refractivity contribution in [3.05, 3.63) is 58.6 Å². The lowest BCUT2D eigenvalue weighted by molar-refractivity contribution is 0.0638. The molecule has 0 saturated carbocycles. The molecular formula is C24H32ClN3O4S. The summed E-state index contributed by atoms with van der Waals surface area (Å²) in [6, 6.07) is 12.2. The number of ether oxygens (including phenoxy) is 1. The third-order valence-corrected chi connectivity index (χ3v) is 8.47. The average molecular weight is 494 g/mol. The molecule has 1 aliphatic heterocycles. The van der Waals surface area contributed by atoms with Crippen LogP contribution in [0.25, 0.3) is 0 Å². The largest absolute Gasteiger partial charge is 0.497 e. The van der Waals surface area contributed by atoms with Gasteiger partial charge >= 0.3 is 0 Å². The van der Waals surface area contributed by atoms with Crippen LogP contribution in [0.5, 0.6) is 5.75 Å². The Morgan fingerprint density at radius 2 is 1.73 bits per heavy atom. The number of hydrogen-bond acceptors (Lipinski definition) is 5. The van der Waals surface area contributed by atoms with Gasteiger partial charge in [-0.25, -0.2) is 8.42 Å². The van der Waals surface area contributed by atoms with E-state index in [1.807, 2.05) is 12.1 Å². The summed E-state index contributed by atoms with van der Waals surface area (Å²) in [6.07, 6.45) is 0.924. The zero-order valence-corrected chi connectivity index (χ0v) is 21.2. The smallest absolute Gasteiger partial charge is 0.255 e. The van der Waals surface area contributed by atoms with E-state index in [0.717, 1.165) is 31.8 Å².